The maximum atomic E-state index is 12.6. The summed E-state index contributed by atoms with van der Waals surface area (Å²) in [6.45, 7) is 4.74. The summed E-state index contributed by atoms with van der Waals surface area (Å²) in [6.07, 6.45) is 6.51. The van der Waals surface area contributed by atoms with E-state index in [-0.39, 0.29) is 17.5 Å². The second-order valence-electron chi connectivity index (χ2n) is 6.79. The molecule has 0 aromatic carbocycles. The molecule has 27 heavy (non-hydrogen) atoms. The lowest BCUT2D eigenvalue weighted by Crippen LogP contribution is -2.62. The summed E-state index contributed by atoms with van der Waals surface area (Å²) in [4.78, 5) is 39.3. The second kappa shape index (κ2) is 6.86. The molecule has 1 saturated heterocycles. The number of nitrogens with zero attached hydrogens (tertiary/aromatic N) is 4. The van der Waals surface area contributed by atoms with Crippen LogP contribution in [0.15, 0.2) is 42.1 Å². The predicted octanol–water partition coefficient (Wildman–Crippen LogP) is 1.21. The molecule has 2 aromatic heterocycles. The van der Waals surface area contributed by atoms with E-state index in [9.17, 15) is 9.59 Å². The van der Waals surface area contributed by atoms with Gasteiger partial charge in [0, 0.05) is 37.0 Å². The zero-order valence-corrected chi connectivity index (χ0v) is 15.1. The molecule has 2 fully saturated rings. The highest BCUT2D eigenvalue weighted by Gasteiger charge is 2.42. The number of likely N-dealkylation sites (tertiary alicyclic amines) is 1. The Morgan fingerprint density at radius 3 is 2.78 bits per heavy atom. The lowest BCUT2D eigenvalue weighted by molar-refractivity contribution is -0.130. The van der Waals surface area contributed by atoms with Gasteiger partial charge < -0.3 is 19.5 Å². The number of rotatable bonds is 6. The minimum atomic E-state index is -0.139. The van der Waals surface area contributed by atoms with Gasteiger partial charge in [-0.3, -0.25) is 9.59 Å². The first-order chi connectivity index (χ1) is 13.1. The first kappa shape index (κ1) is 17.3. The van der Waals surface area contributed by atoms with Crippen molar-refractivity contribution in [3.8, 4) is 17.1 Å². The number of methoxy groups -OCH3 is 1. The molecule has 1 N–H and O–H groups in total. The number of pyridine rings is 1. The van der Waals surface area contributed by atoms with Gasteiger partial charge in [0.15, 0.2) is 0 Å². The average Bonchev–Trinajstić information content (AvgIpc) is 3.49. The van der Waals surface area contributed by atoms with Crippen LogP contribution in [0.5, 0.6) is 5.88 Å². The number of carbonyl (C=O) groups is 1. The molecule has 2 aliphatic rings. The summed E-state index contributed by atoms with van der Waals surface area (Å²) < 4.78 is 5.16. The highest BCUT2D eigenvalue weighted by Crippen LogP contribution is 2.35. The number of hydrogen-bond donors (Lipinski definition) is 1. The van der Waals surface area contributed by atoms with Crippen molar-refractivity contribution < 1.29 is 9.53 Å². The largest absolute Gasteiger partial charge is 0.481 e. The molecule has 0 bridgehead atoms. The smallest absolute Gasteiger partial charge is 0.271 e. The van der Waals surface area contributed by atoms with Gasteiger partial charge in [-0.1, -0.05) is 6.58 Å². The van der Waals surface area contributed by atoms with Crippen LogP contribution in [0.3, 0.4) is 0 Å². The van der Waals surface area contributed by atoms with Crippen LogP contribution in [0.25, 0.3) is 11.3 Å². The van der Waals surface area contributed by atoms with E-state index in [0.29, 0.717) is 36.4 Å². The summed E-state index contributed by atoms with van der Waals surface area (Å²) in [7, 11) is 1.55. The van der Waals surface area contributed by atoms with Crippen LogP contribution < -0.4 is 15.2 Å². The van der Waals surface area contributed by atoms with Crippen molar-refractivity contribution in [1.29, 1.82) is 0 Å². The van der Waals surface area contributed by atoms with E-state index in [1.165, 1.54) is 12.4 Å². The van der Waals surface area contributed by atoms with Crippen molar-refractivity contribution >= 4 is 11.6 Å². The van der Waals surface area contributed by atoms with Gasteiger partial charge in [-0.15, -0.1) is 0 Å². The Balaban J connectivity index is 1.64. The average molecular weight is 367 g/mol. The van der Waals surface area contributed by atoms with E-state index in [2.05, 4.69) is 26.4 Å². The number of carbonyl (C=O) groups excluding carboxylic acids is 1. The Hall–Kier alpha value is -3.16. The predicted molar refractivity (Wildman–Crippen MR) is 101 cm³/mol. The van der Waals surface area contributed by atoms with E-state index >= 15 is 0 Å². The van der Waals surface area contributed by atoms with Crippen molar-refractivity contribution in [3.05, 3.63) is 47.7 Å². The van der Waals surface area contributed by atoms with Gasteiger partial charge >= 0.3 is 0 Å². The van der Waals surface area contributed by atoms with E-state index in [1.807, 2.05) is 6.07 Å². The fourth-order valence-electron chi connectivity index (χ4n) is 3.40. The van der Waals surface area contributed by atoms with Gasteiger partial charge in [-0.25, -0.2) is 9.97 Å². The van der Waals surface area contributed by atoms with Crippen LogP contribution in [0.4, 0.5) is 5.69 Å². The summed E-state index contributed by atoms with van der Waals surface area (Å²) in [5.41, 5.74) is 1.94. The van der Waals surface area contributed by atoms with Crippen LogP contribution in [-0.2, 0) is 4.79 Å². The summed E-state index contributed by atoms with van der Waals surface area (Å²) in [5.74, 6) is 0.391. The Morgan fingerprint density at radius 2 is 2.11 bits per heavy atom. The number of hydrogen-bond acceptors (Lipinski definition) is 6. The molecule has 0 unspecified atom stereocenters. The maximum Gasteiger partial charge on any atom is 0.271 e. The van der Waals surface area contributed by atoms with Crippen molar-refractivity contribution in [2.45, 2.75) is 24.9 Å². The molecule has 8 nitrogen and oxygen atoms in total. The first-order valence-electron chi connectivity index (χ1n) is 8.89. The molecule has 1 aliphatic heterocycles. The molecule has 1 aliphatic carbocycles. The molecule has 1 saturated carbocycles. The van der Waals surface area contributed by atoms with Crippen LogP contribution >= 0.6 is 0 Å². The number of nitrogens with one attached hydrogen (secondary N) is 1. The van der Waals surface area contributed by atoms with Crippen molar-refractivity contribution in [3.63, 3.8) is 0 Å². The Labute approximate surface area is 156 Å². The molecule has 2 aromatic rings. The lowest BCUT2D eigenvalue weighted by Gasteiger charge is -2.46. The number of anilines is 1. The first-order valence-corrected chi connectivity index (χ1v) is 8.89. The molecule has 0 radical (unpaired) electrons. The van der Waals surface area contributed by atoms with Crippen molar-refractivity contribution in [2.24, 2.45) is 0 Å². The zero-order chi connectivity index (χ0) is 19.0. The number of amides is 1. The summed E-state index contributed by atoms with van der Waals surface area (Å²) in [5, 5.41) is 0. The highest BCUT2D eigenvalue weighted by molar-refractivity contribution is 5.88. The third-order valence-electron chi connectivity index (χ3n) is 4.99. The van der Waals surface area contributed by atoms with E-state index in [4.69, 9.17) is 4.74 Å². The Morgan fingerprint density at radius 1 is 1.33 bits per heavy atom. The van der Waals surface area contributed by atoms with Gasteiger partial charge in [-0.2, -0.15) is 0 Å². The van der Waals surface area contributed by atoms with E-state index < -0.39 is 0 Å². The lowest BCUT2D eigenvalue weighted by atomic mass is 10.0. The quantitative estimate of drug-likeness (QED) is 0.772. The third kappa shape index (κ3) is 3.30. The Bertz CT molecular complexity index is 931. The molecule has 3 heterocycles. The van der Waals surface area contributed by atoms with Gasteiger partial charge in [0.1, 0.15) is 12.0 Å². The standard InChI is InChI=1S/C19H21N5O3/c1-3-18(25)23-9-14(10-23)24(13-4-5-13)16-6-12(8-20-19(16)26)15-7-17(27-2)22-11-21-15/h3,6-8,11,13-14H,1,4-5,9-10H2,2H3,(H,20,26). The summed E-state index contributed by atoms with van der Waals surface area (Å²) in [6, 6.07) is 4.06. The number of aromatic amines is 1. The molecular weight excluding hydrogens is 346 g/mol. The van der Waals surface area contributed by atoms with Crippen LogP contribution in [-0.4, -0.2) is 58.0 Å². The van der Waals surface area contributed by atoms with E-state index in [1.54, 1.807) is 24.3 Å². The van der Waals surface area contributed by atoms with E-state index in [0.717, 1.165) is 18.4 Å². The molecule has 0 spiro atoms. The SMILES string of the molecule is C=CC(=O)N1CC(N(c2cc(-c3cc(OC)ncn3)c[nH]c2=O)C2CC2)C1. The minimum Gasteiger partial charge on any atom is -0.481 e. The molecular formula is C19H21N5O3. The normalized spacial score (nSPS) is 16.6. The van der Waals surface area contributed by atoms with Crippen LogP contribution in [0.1, 0.15) is 12.8 Å². The fourth-order valence-corrected chi connectivity index (χ4v) is 3.40. The van der Waals surface area contributed by atoms with Crippen molar-refractivity contribution in [1.82, 2.24) is 19.9 Å². The van der Waals surface area contributed by atoms with Gasteiger partial charge in [0.05, 0.1) is 18.8 Å². The molecule has 0 atom stereocenters. The topological polar surface area (TPSA) is 91.4 Å². The van der Waals surface area contributed by atoms with Crippen LogP contribution in [0.2, 0.25) is 0 Å². The van der Waals surface area contributed by atoms with Gasteiger partial charge in [0.2, 0.25) is 11.8 Å². The zero-order valence-electron chi connectivity index (χ0n) is 15.1. The Kier molecular flexibility index (Phi) is 4.39. The third-order valence-corrected chi connectivity index (χ3v) is 4.99. The van der Waals surface area contributed by atoms with Gasteiger partial charge in [0.25, 0.3) is 5.56 Å². The number of ether oxygens (including phenoxy) is 1. The van der Waals surface area contributed by atoms with Crippen molar-refractivity contribution in [2.75, 3.05) is 25.1 Å². The van der Waals surface area contributed by atoms with Gasteiger partial charge in [-0.05, 0) is 25.0 Å². The maximum absolute atomic E-state index is 12.6. The number of H-pyrrole nitrogens is 1. The molecule has 140 valence electrons. The molecule has 4 rings (SSSR count). The molecule has 8 heteroatoms. The highest BCUT2D eigenvalue weighted by atomic mass is 16.5. The van der Waals surface area contributed by atoms with Crippen LogP contribution in [0, 0.1) is 0 Å². The fraction of sp³-hybridized carbons (Fsp3) is 0.368. The minimum absolute atomic E-state index is 0.0715. The second-order valence-corrected chi connectivity index (χ2v) is 6.79. The monoisotopic (exact) mass is 367 g/mol. The number of aromatic nitrogens is 3. The summed E-state index contributed by atoms with van der Waals surface area (Å²) >= 11 is 0. The molecule has 1 amide bonds.